The van der Waals surface area contributed by atoms with E-state index in [9.17, 15) is 0 Å². The Labute approximate surface area is 403 Å². The second kappa shape index (κ2) is 14.8. The van der Waals surface area contributed by atoms with Crippen LogP contribution < -0.4 is 4.74 Å². The van der Waals surface area contributed by atoms with Crippen LogP contribution in [0.5, 0.6) is 11.5 Å². The van der Waals surface area contributed by atoms with Crippen LogP contribution in [0.1, 0.15) is 22.3 Å². The Hall–Kier alpha value is -9.39. The lowest BCUT2D eigenvalue weighted by Crippen LogP contribution is -2.32. The summed E-state index contributed by atoms with van der Waals surface area (Å²) in [6.07, 6.45) is 0. The van der Waals surface area contributed by atoms with E-state index in [0.29, 0.717) is 23.2 Å². The summed E-state index contributed by atoms with van der Waals surface area (Å²) in [6, 6.07) is 84.3. The van der Waals surface area contributed by atoms with Gasteiger partial charge in [-0.2, -0.15) is 0 Å². The molecule has 1 aliphatic carbocycles. The van der Waals surface area contributed by atoms with E-state index < -0.39 is 5.41 Å². The van der Waals surface area contributed by atoms with Crippen molar-refractivity contribution in [3.8, 4) is 68.2 Å². The molecule has 3 aromatic heterocycles. The number of hydrogen-bond donors (Lipinski definition) is 0. The van der Waals surface area contributed by atoms with Gasteiger partial charge >= 0.3 is 0 Å². The highest BCUT2D eigenvalue weighted by Gasteiger charge is 2.52. The van der Waals surface area contributed by atoms with Gasteiger partial charge in [-0.15, -0.1) is 0 Å². The highest BCUT2D eigenvalue weighted by Crippen LogP contribution is 2.64. The van der Waals surface area contributed by atoms with Gasteiger partial charge in [0.05, 0.1) is 38.7 Å². The molecule has 0 bridgehead atoms. The molecule has 0 radical (unpaired) electrons. The predicted molar refractivity (Wildman–Crippen MR) is 282 cm³/mol. The van der Waals surface area contributed by atoms with Crippen molar-refractivity contribution in [3.63, 3.8) is 0 Å². The minimum Gasteiger partial charge on any atom is -0.454 e. The van der Waals surface area contributed by atoms with Crippen LogP contribution >= 0.6 is 0 Å². The van der Waals surface area contributed by atoms with Crippen molar-refractivity contribution in [2.24, 2.45) is 0 Å². The summed E-state index contributed by atoms with van der Waals surface area (Å²) in [5.41, 5.74) is 15.4. The summed E-state index contributed by atoms with van der Waals surface area (Å²) >= 11 is 0. The third kappa shape index (κ3) is 5.35. The number of fused-ring (bicyclic) bond motifs is 15. The zero-order valence-corrected chi connectivity index (χ0v) is 37.7. The summed E-state index contributed by atoms with van der Waals surface area (Å²) in [7, 11) is 0. The average Bonchev–Trinajstić information content (AvgIpc) is 4.05. The molecule has 13 aromatic rings. The largest absolute Gasteiger partial charge is 0.454 e. The van der Waals surface area contributed by atoms with Crippen LogP contribution in [0.3, 0.4) is 0 Å². The quantitative estimate of drug-likeness (QED) is 0.173. The van der Waals surface area contributed by atoms with Crippen LogP contribution in [0.4, 0.5) is 0 Å². The van der Waals surface area contributed by atoms with Gasteiger partial charge in [0.25, 0.3) is 0 Å². The Morgan fingerprint density at radius 1 is 0.314 bits per heavy atom. The van der Waals surface area contributed by atoms with Crippen molar-refractivity contribution in [1.82, 2.24) is 24.1 Å². The molecule has 0 atom stereocenters. The van der Waals surface area contributed by atoms with Gasteiger partial charge in [-0.3, -0.25) is 0 Å². The normalized spacial score (nSPS) is 13.1. The zero-order chi connectivity index (χ0) is 45.9. The Kier molecular flexibility index (Phi) is 8.18. The summed E-state index contributed by atoms with van der Waals surface area (Å²) in [5, 5.41) is 4.79. The molecule has 0 N–H and O–H groups in total. The van der Waals surface area contributed by atoms with Crippen molar-refractivity contribution in [2.75, 3.05) is 0 Å². The molecule has 0 saturated heterocycles. The Morgan fingerprint density at radius 3 is 1.37 bits per heavy atom. The summed E-state index contributed by atoms with van der Waals surface area (Å²) < 4.78 is 12.5. The van der Waals surface area contributed by atoms with Gasteiger partial charge < -0.3 is 13.9 Å². The molecular weight excluding hydrogens is 855 g/mol. The Balaban J connectivity index is 1.01. The van der Waals surface area contributed by atoms with Crippen molar-refractivity contribution in [3.05, 3.63) is 259 Å². The van der Waals surface area contributed by atoms with Crippen LogP contribution in [0.2, 0.25) is 0 Å². The molecule has 10 aromatic carbocycles. The number of nitrogens with zero attached hydrogens (tertiary/aromatic N) is 5. The number of rotatable bonds is 5. The highest BCUT2D eigenvalue weighted by molar-refractivity contribution is 6.12. The van der Waals surface area contributed by atoms with Gasteiger partial charge in [0.15, 0.2) is 23.2 Å². The highest BCUT2D eigenvalue weighted by atomic mass is 16.5. The van der Waals surface area contributed by atoms with Crippen molar-refractivity contribution in [2.45, 2.75) is 5.41 Å². The summed E-state index contributed by atoms with van der Waals surface area (Å²) in [6.45, 7) is 0. The molecular formula is C64H39N5O. The molecule has 6 heteroatoms. The van der Waals surface area contributed by atoms with Crippen LogP contribution in [0.15, 0.2) is 237 Å². The fourth-order valence-electron chi connectivity index (χ4n) is 11.8. The van der Waals surface area contributed by atoms with E-state index in [4.69, 9.17) is 19.7 Å². The minimum atomic E-state index is -0.748. The first kappa shape index (κ1) is 38.7. The van der Waals surface area contributed by atoms with E-state index in [0.717, 1.165) is 66.7 Å². The minimum absolute atomic E-state index is 0.537. The summed E-state index contributed by atoms with van der Waals surface area (Å²) in [5.74, 6) is 3.22. The summed E-state index contributed by atoms with van der Waals surface area (Å²) in [4.78, 5) is 15.6. The SMILES string of the molecule is c1ccc(-c2nc(-c3ccccc3)nc(-c3cccc4c3Oc3c(-n5c6ccccc6c6cc(-n7c8ccccc8c8ccccc87)ccc65)cccc3C43c4ccccc4-c4ccccc43)n2)cc1. The molecule has 70 heavy (non-hydrogen) atoms. The maximum absolute atomic E-state index is 7.68. The molecule has 4 heterocycles. The van der Waals surface area contributed by atoms with Crippen LogP contribution in [0, 0.1) is 0 Å². The molecule has 15 rings (SSSR count). The lowest BCUT2D eigenvalue weighted by Gasteiger charge is -2.40. The van der Waals surface area contributed by atoms with E-state index in [-0.39, 0.29) is 0 Å². The number of aromatic nitrogens is 5. The molecule has 6 nitrogen and oxygen atoms in total. The molecule has 0 amide bonds. The standard InChI is InChI=1S/C64H39N5O/c1-3-19-40(20-4-1)61-65-62(41-21-5-2-6-22-41)67-63(66-61)48-28-17-31-52-59(48)70-60-53(64(52)50-29-12-7-23-43(50)44-24-8-13-30-51(44)64)32-18-36-58(60)69-56-35-16-11-27-47(56)49-39-42(37-38-57(49)69)68-54-33-14-9-25-45(54)46-26-10-15-34-55(46)68/h1-39H. The first-order chi connectivity index (χ1) is 34.7. The van der Waals surface area contributed by atoms with Gasteiger partial charge in [0.2, 0.25) is 0 Å². The van der Waals surface area contributed by atoms with Gasteiger partial charge in [-0.1, -0.05) is 188 Å². The van der Waals surface area contributed by atoms with Crippen molar-refractivity contribution >= 4 is 43.6 Å². The van der Waals surface area contributed by atoms with E-state index >= 15 is 0 Å². The first-order valence-corrected chi connectivity index (χ1v) is 23.8. The second-order valence-corrected chi connectivity index (χ2v) is 18.2. The van der Waals surface area contributed by atoms with Gasteiger partial charge in [0, 0.05) is 49.5 Å². The van der Waals surface area contributed by atoms with Crippen LogP contribution in [0.25, 0.3) is 100 Å². The molecule has 0 fully saturated rings. The Bertz CT molecular complexity index is 4130. The van der Waals surface area contributed by atoms with Crippen molar-refractivity contribution < 1.29 is 4.74 Å². The number of para-hydroxylation sites is 5. The smallest absolute Gasteiger partial charge is 0.167 e. The zero-order valence-electron chi connectivity index (χ0n) is 37.7. The second-order valence-electron chi connectivity index (χ2n) is 18.2. The molecule has 2 aliphatic rings. The number of ether oxygens (including phenoxy) is 1. The fraction of sp³-hybridized carbons (Fsp3) is 0.0156. The molecule has 326 valence electrons. The lowest BCUT2D eigenvalue weighted by molar-refractivity contribution is 0.436. The fourth-order valence-corrected chi connectivity index (χ4v) is 11.8. The molecule has 1 aliphatic heterocycles. The van der Waals surface area contributed by atoms with Gasteiger partial charge in [-0.25, -0.2) is 15.0 Å². The van der Waals surface area contributed by atoms with Crippen LogP contribution in [-0.2, 0) is 5.41 Å². The van der Waals surface area contributed by atoms with E-state index in [1.807, 2.05) is 60.7 Å². The van der Waals surface area contributed by atoms with Crippen molar-refractivity contribution in [1.29, 1.82) is 0 Å². The van der Waals surface area contributed by atoms with E-state index in [1.54, 1.807) is 0 Å². The maximum Gasteiger partial charge on any atom is 0.167 e. The van der Waals surface area contributed by atoms with E-state index in [2.05, 4.69) is 185 Å². The topological polar surface area (TPSA) is 57.8 Å². The monoisotopic (exact) mass is 893 g/mol. The number of hydrogen-bond acceptors (Lipinski definition) is 4. The third-order valence-corrected chi connectivity index (χ3v) is 14.6. The lowest BCUT2D eigenvalue weighted by atomic mass is 9.65. The van der Waals surface area contributed by atoms with Crippen LogP contribution in [-0.4, -0.2) is 24.1 Å². The van der Waals surface area contributed by atoms with Gasteiger partial charge in [0.1, 0.15) is 5.75 Å². The molecule has 1 spiro atoms. The average molecular weight is 894 g/mol. The molecule has 0 saturated carbocycles. The maximum atomic E-state index is 7.68. The Morgan fingerprint density at radius 2 is 0.757 bits per heavy atom. The third-order valence-electron chi connectivity index (χ3n) is 14.6. The predicted octanol–water partition coefficient (Wildman–Crippen LogP) is 15.5. The first-order valence-electron chi connectivity index (χ1n) is 23.8. The molecule has 0 unspecified atom stereocenters. The number of benzene rings is 10. The van der Waals surface area contributed by atoms with E-state index in [1.165, 1.54) is 44.1 Å². The van der Waals surface area contributed by atoms with Gasteiger partial charge in [-0.05, 0) is 70.8 Å².